The van der Waals surface area contributed by atoms with Crippen molar-refractivity contribution in [1.29, 1.82) is 0 Å². The van der Waals surface area contributed by atoms with Crippen LogP contribution < -0.4 is 3.81 Å². The number of hydrogen-bond donors (Lipinski definition) is 2. The Labute approximate surface area is 185 Å². The van der Waals surface area contributed by atoms with Gasteiger partial charge in [0.1, 0.15) is 0 Å². The van der Waals surface area contributed by atoms with Crippen LogP contribution in [0.4, 0.5) is 0 Å². The Hall–Kier alpha value is -3.19. The van der Waals surface area contributed by atoms with E-state index in [0.29, 0.717) is 0 Å². The van der Waals surface area contributed by atoms with Gasteiger partial charge in [-0.25, -0.2) is 9.97 Å². The Kier molecular flexibility index (Phi) is 5.19. The maximum atomic E-state index is 4.63. The third-order valence-corrected chi connectivity index (χ3v) is 5.70. The molecule has 0 saturated heterocycles. The second-order valence-electron chi connectivity index (χ2n) is 6.80. The molecule has 0 aromatic carbocycles. The van der Waals surface area contributed by atoms with Crippen molar-refractivity contribution in [1.82, 2.24) is 19.9 Å². The van der Waals surface area contributed by atoms with Gasteiger partial charge in [-0.05, 0) is 72.8 Å². The molecular formula is C24H17CoN4S. The predicted octanol–water partition coefficient (Wildman–Crippen LogP) is 5.58. The van der Waals surface area contributed by atoms with Gasteiger partial charge in [0, 0.05) is 22.1 Å². The molecule has 0 unspecified atom stereocenters. The van der Waals surface area contributed by atoms with E-state index in [-0.39, 0.29) is 0 Å². The van der Waals surface area contributed by atoms with Crippen LogP contribution in [0.5, 0.6) is 0 Å². The average molecular weight is 452 g/mol. The number of nitrogens with zero attached hydrogens (tertiary/aromatic N) is 2. The fraction of sp³-hybridized carbons (Fsp3) is 0. The molecule has 2 N–H and O–H groups in total. The van der Waals surface area contributed by atoms with Crippen LogP contribution in [-0.2, 0) is 15.7 Å². The van der Waals surface area contributed by atoms with E-state index >= 15 is 0 Å². The van der Waals surface area contributed by atoms with E-state index in [1.165, 1.54) is 0 Å². The van der Waals surface area contributed by atoms with E-state index in [2.05, 4.69) is 59.9 Å². The molecule has 0 atom stereocenters. The normalized spacial score (nSPS) is 11.9. The molecule has 8 bridgehead atoms. The van der Waals surface area contributed by atoms with Crippen LogP contribution in [0.25, 0.3) is 46.4 Å². The second-order valence-corrected chi connectivity index (χ2v) is 8.62. The third kappa shape index (κ3) is 4.51. The molecule has 2 aliphatic rings. The summed E-state index contributed by atoms with van der Waals surface area (Å²) in [6, 6.07) is 20.3. The fourth-order valence-electron chi connectivity index (χ4n) is 3.19. The predicted molar refractivity (Wildman–Crippen MR) is 123 cm³/mol. The number of thiophene rings is 1. The summed E-state index contributed by atoms with van der Waals surface area (Å²) in [6.45, 7) is 0. The molecule has 4 nitrogen and oxygen atoms in total. The molecule has 30 heavy (non-hydrogen) atoms. The first kappa shape index (κ1) is 18.8. The number of H-pyrrole nitrogens is 2. The second kappa shape index (κ2) is 8.28. The standard InChI is InChI=1S/C20H14N4.C4H3S.Co/c1-2-14-10-16-5-6-18(23-16)12-20-8-7-19(24-20)11-17-4-3-15(22-17)9-13(1)21-14;1-2-4-5-3-1;/h1-12,21,24H;1-3H;. The summed E-state index contributed by atoms with van der Waals surface area (Å²) >= 11 is 5.74. The summed E-state index contributed by atoms with van der Waals surface area (Å²) in [7, 11) is 0. The molecule has 0 aliphatic carbocycles. The monoisotopic (exact) mass is 452 g/mol. The van der Waals surface area contributed by atoms with Gasteiger partial charge >= 0.3 is 48.4 Å². The van der Waals surface area contributed by atoms with Gasteiger partial charge in [-0.3, -0.25) is 0 Å². The number of rotatable bonds is 0. The molecule has 0 saturated carbocycles. The van der Waals surface area contributed by atoms with Gasteiger partial charge in [-0.2, -0.15) is 0 Å². The van der Waals surface area contributed by atoms with Crippen LogP contribution in [-0.4, -0.2) is 19.9 Å². The molecule has 148 valence electrons. The molecule has 0 amide bonds. The minimum absolute atomic E-state index is 0.939. The number of nitrogens with one attached hydrogen (secondary N) is 2. The van der Waals surface area contributed by atoms with Crippen molar-refractivity contribution < 1.29 is 15.7 Å². The maximum absolute atomic E-state index is 4.63. The van der Waals surface area contributed by atoms with Crippen LogP contribution in [0.2, 0.25) is 0 Å². The molecule has 4 aromatic heterocycles. The Morgan fingerprint density at radius 3 is 1.27 bits per heavy atom. The third-order valence-electron chi connectivity index (χ3n) is 4.52. The van der Waals surface area contributed by atoms with Crippen molar-refractivity contribution >= 4 is 61.5 Å². The number of aromatic amines is 2. The van der Waals surface area contributed by atoms with E-state index in [9.17, 15) is 0 Å². The Bertz CT molecular complexity index is 1230. The van der Waals surface area contributed by atoms with Crippen molar-refractivity contribution in [3.63, 3.8) is 0 Å². The van der Waals surface area contributed by atoms with Gasteiger partial charge < -0.3 is 9.97 Å². The molecule has 4 aromatic rings. The summed E-state index contributed by atoms with van der Waals surface area (Å²) < 4.78 is 1.07. The van der Waals surface area contributed by atoms with Crippen LogP contribution in [0.3, 0.4) is 0 Å². The first-order valence-electron chi connectivity index (χ1n) is 9.41. The topological polar surface area (TPSA) is 57.4 Å². The summed E-state index contributed by atoms with van der Waals surface area (Å²) in [6.07, 6.45) is 8.09. The molecule has 2 aliphatic heterocycles. The zero-order valence-corrected chi connectivity index (χ0v) is 17.7. The first-order valence-corrected chi connectivity index (χ1v) is 10.8. The van der Waals surface area contributed by atoms with Gasteiger partial charge in [0.25, 0.3) is 0 Å². The van der Waals surface area contributed by atoms with Gasteiger partial charge in [0.05, 0.1) is 22.8 Å². The van der Waals surface area contributed by atoms with E-state index in [4.69, 9.17) is 0 Å². The van der Waals surface area contributed by atoms with Crippen LogP contribution in [0.15, 0.2) is 66.0 Å². The van der Waals surface area contributed by atoms with Crippen molar-refractivity contribution in [2.45, 2.75) is 0 Å². The molecule has 0 spiro atoms. The summed E-state index contributed by atoms with van der Waals surface area (Å²) in [5.74, 6) is 0. The summed E-state index contributed by atoms with van der Waals surface area (Å²) in [5.41, 5.74) is 7.86. The zero-order chi connectivity index (χ0) is 20.3. The van der Waals surface area contributed by atoms with Gasteiger partial charge in [-0.1, -0.05) is 0 Å². The minimum atomic E-state index is 0.939. The number of aromatic nitrogens is 4. The van der Waals surface area contributed by atoms with Crippen molar-refractivity contribution in [3.8, 4) is 0 Å². The van der Waals surface area contributed by atoms with Crippen molar-refractivity contribution in [2.24, 2.45) is 0 Å². The Morgan fingerprint density at radius 1 is 0.600 bits per heavy atom. The van der Waals surface area contributed by atoms with E-state index in [1.807, 2.05) is 66.1 Å². The summed E-state index contributed by atoms with van der Waals surface area (Å²) in [5, 5.41) is 2.00. The molecular weight excluding hydrogens is 435 g/mol. The first-order chi connectivity index (χ1) is 14.7. The van der Waals surface area contributed by atoms with Crippen LogP contribution in [0, 0.1) is 0 Å². The molecule has 6 heterocycles. The van der Waals surface area contributed by atoms with Gasteiger partial charge in [0.15, 0.2) is 0 Å². The summed E-state index contributed by atoms with van der Waals surface area (Å²) in [4.78, 5) is 16.0. The van der Waals surface area contributed by atoms with Gasteiger partial charge in [0.2, 0.25) is 0 Å². The molecule has 6 heteroatoms. The van der Waals surface area contributed by atoms with Crippen molar-refractivity contribution in [3.05, 3.63) is 88.8 Å². The fourth-order valence-corrected chi connectivity index (χ4v) is 3.95. The molecule has 0 fully saturated rings. The van der Waals surface area contributed by atoms with Crippen LogP contribution >= 0.6 is 11.3 Å². The molecule has 0 radical (unpaired) electrons. The number of hydrogen-bond acceptors (Lipinski definition) is 3. The quantitative estimate of drug-likeness (QED) is 0.316. The van der Waals surface area contributed by atoms with E-state index in [1.54, 1.807) is 11.3 Å². The van der Waals surface area contributed by atoms with Crippen LogP contribution in [0.1, 0.15) is 22.8 Å². The van der Waals surface area contributed by atoms with E-state index < -0.39 is 0 Å². The van der Waals surface area contributed by atoms with Crippen molar-refractivity contribution in [2.75, 3.05) is 0 Å². The SMILES string of the molecule is C1=Cc2cc3ccc(cc4nc(cc5ccc(cc1n2)[nH]5)C=C4)[nH]3.[Co][c]1cccs1. The van der Waals surface area contributed by atoms with E-state index in [0.717, 1.165) is 48.7 Å². The Morgan fingerprint density at radius 2 is 1.00 bits per heavy atom. The van der Waals surface area contributed by atoms with Gasteiger partial charge in [-0.15, -0.1) is 0 Å². The zero-order valence-electron chi connectivity index (χ0n) is 15.8. The molecule has 6 rings (SSSR count). The average Bonchev–Trinajstić information content (AvgIpc) is 3.52. The number of fused-ring (bicyclic) bond motifs is 8. The Balaban J connectivity index is 0.000000279.